The molecule has 100 valence electrons. The summed E-state index contributed by atoms with van der Waals surface area (Å²) in [5, 5.41) is 11.5. The molecular formula is C12H13N3O3S. The van der Waals surface area contributed by atoms with Crippen molar-refractivity contribution in [1.29, 1.82) is 0 Å². The minimum atomic E-state index is -1.20. The number of rotatable bonds is 5. The number of hydrogen-bond acceptors (Lipinski definition) is 4. The first-order valence-electron chi connectivity index (χ1n) is 5.74. The summed E-state index contributed by atoms with van der Waals surface area (Å²) in [6.45, 7) is 2.44. The van der Waals surface area contributed by atoms with Crippen LogP contribution in [-0.2, 0) is 13.0 Å². The quantitative estimate of drug-likeness (QED) is 0.775. The van der Waals surface area contributed by atoms with Crippen molar-refractivity contribution in [3.8, 4) is 0 Å². The molecule has 7 heteroatoms. The molecule has 0 unspecified atom stereocenters. The predicted molar refractivity (Wildman–Crippen MR) is 70.4 cm³/mol. The third kappa shape index (κ3) is 3.00. The Morgan fingerprint density at radius 3 is 2.79 bits per heavy atom. The smallest absolute Gasteiger partial charge is 0.354 e. The average Bonchev–Trinajstić information content (AvgIpc) is 3.04. The fraction of sp³-hybridized carbons (Fsp3) is 0.250. The number of aromatic carboxylic acids is 1. The van der Waals surface area contributed by atoms with E-state index in [0.29, 0.717) is 6.54 Å². The summed E-state index contributed by atoms with van der Waals surface area (Å²) >= 11 is 1.62. The maximum Gasteiger partial charge on any atom is 0.354 e. The van der Waals surface area contributed by atoms with Crippen molar-refractivity contribution in [1.82, 2.24) is 15.3 Å². The van der Waals surface area contributed by atoms with Gasteiger partial charge >= 0.3 is 5.97 Å². The van der Waals surface area contributed by atoms with Gasteiger partial charge in [-0.1, -0.05) is 6.92 Å². The molecule has 0 atom stereocenters. The van der Waals surface area contributed by atoms with Crippen molar-refractivity contribution < 1.29 is 14.7 Å². The summed E-state index contributed by atoms with van der Waals surface area (Å²) in [7, 11) is 0. The molecule has 2 aromatic rings. The maximum atomic E-state index is 11.8. The Hall–Kier alpha value is -2.15. The summed E-state index contributed by atoms with van der Waals surface area (Å²) in [5.41, 5.74) is -0.294. The van der Waals surface area contributed by atoms with Gasteiger partial charge < -0.3 is 15.4 Å². The summed E-state index contributed by atoms with van der Waals surface area (Å²) in [5.74, 6) is -1.70. The fourth-order valence-corrected chi connectivity index (χ4v) is 2.49. The fourth-order valence-electron chi connectivity index (χ4n) is 1.59. The predicted octanol–water partition coefficient (Wildman–Crippen LogP) is 1.66. The van der Waals surface area contributed by atoms with E-state index in [2.05, 4.69) is 22.2 Å². The highest BCUT2D eigenvalue weighted by Gasteiger charge is 2.19. The van der Waals surface area contributed by atoms with E-state index < -0.39 is 11.9 Å². The first kappa shape index (κ1) is 13.3. The van der Waals surface area contributed by atoms with E-state index in [-0.39, 0.29) is 11.4 Å². The van der Waals surface area contributed by atoms with Gasteiger partial charge in [0.25, 0.3) is 5.91 Å². The molecule has 19 heavy (non-hydrogen) atoms. The van der Waals surface area contributed by atoms with Crippen LogP contribution in [0.3, 0.4) is 0 Å². The van der Waals surface area contributed by atoms with Gasteiger partial charge in [0.2, 0.25) is 0 Å². The minimum absolute atomic E-state index is 0.0974. The topological polar surface area (TPSA) is 95.1 Å². The van der Waals surface area contributed by atoms with Crippen molar-refractivity contribution in [3.63, 3.8) is 0 Å². The highest BCUT2D eigenvalue weighted by molar-refractivity contribution is 7.11. The van der Waals surface area contributed by atoms with Crippen LogP contribution in [0.15, 0.2) is 18.5 Å². The maximum absolute atomic E-state index is 11.8. The Morgan fingerprint density at radius 1 is 1.42 bits per heavy atom. The zero-order valence-corrected chi connectivity index (χ0v) is 11.1. The lowest BCUT2D eigenvalue weighted by Crippen LogP contribution is -2.24. The van der Waals surface area contributed by atoms with E-state index in [4.69, 9.17) is 5.11 Å². The number of imidazole rings is 1. The zero-order chi connectivity index (χ0) is 13.8. The number of carboxylic acid groups (broad SMARTS) is 1. The molecule has 0 radical (unpaired) electrons. The van der Waals surface area contributed by atoms with E-state index in [9.17, 15) is 9.59 Å². The van der Waals surface area contributed by atoms with Gasteiger partial charge in [0, 0.05) is 9.75 Å². The standard InChI is InChI=1S/C12H13N3O3S/c1-2-7-3-4-8(19-7)5-13-11(16)9-10(12(17)18)15-6-14-9/h3-4,6H,2,5H2,1H3,(H,13,16)(H,14,15)(H,17,18). The third-order valence-corrected chi connectivity index (χ3v) is 3.79. The lowest BCUT2D eigenvalue weighted by atomic mass is 10.3. The molecule has 1 amide bonds. The molecule has 0 aliphatic rings. The zero-order valence-electron chi connectivity index (χ0n) is 10.3. The number of aryl methyl sites for hydroxylation is 1. The van der Waals surface area contributed by atoms with Gasteiger partial charge in [-0.3, -0.25) is 4.79 Å². The number of hydrogen-bond donors (Lipinski definition) is 3. The monoisotopic (exact) mass is 279 g/mol. The van der Waals surface area contributed by atoms with Gasteiger partial charge in [0.15, 0.2) is 11.4 Å². The van der Waals surface area contributed by atoms with Crippen LogP contribution in [0.1, 0.15) is 37.7 Å². The molecule has 2 aromatic heterocycles. The molecule has 0 aliphatic carbocycles. The highest BCUT2D eigenvalue weighted by atomic mass is 32.1. The summed E-state index contributed by atoms with van der Waals surface area (Å²) < 4.78 is 0. The van der Waals surface area contributed by atoms with Crippen molar-refractivity contribution in [2.75, 3.05) is 0 Å². The third-order valence-electron chi connectivity index (χ3n) is 2.56. The van der Waals surface area contributed by atoms with Crippen LogP contribution in [0, 0.1) is 0 Å². The SMILES string of the molecule is CCc1ccc(CNC(=O)c2nc[nH]c2C(=O)O)s1. The van der Waals surface area contributed by atoms with Crippen molar-refractivity contribution in [2.24, 2.45) is 0 Å². The van der Waals surface area contributed by atoms with E-state index in [0.717, 1.165) is 11.3 Å². The van der Waals surface area contributed by atoms with E-state index in [1.165, 1.54) is 11.2 Å². The van der Waals surface area contributed by atoms with Gasteiger partial charge in [-0.25, -0.2) is 9.78 Å². The molecule has 0 aromatic carbocycles. The average molecular weight is 279 g/mol. The Kier molecular flexibility index (Phi) is 3.96. The normalized spacial score (nSPS) is 10.4. The molecule has 0 spiro atoms. The second-order valence-corrected chi connectivity index (χ2v) is 5.09. The first-order valence-corrected chi connectivity index (χ1v) is 6.56. The van der Waals surface area contributed by atoms with Crippen LogP contribution in [0.4, 0.5) is 0 Å². The Labute approximate surface area is 113 Å². The number of nitrogens with one attached hydrogen (secondary N) is 2. The number of carbonyl (C=O) groups is 2. The van der Waals surface area contributed by atoms with Crippen LogP contribution in [0.5, 0.6) is 0 Å². The highest BCUT2D eigenvalue weighted by Crippen LogP contribution is 2.16. The number of aromatic amines is 1. The largest absolute Gasteiger partial charge is 0.477 e. The Balaban J connectivity index is 2.01. The Morgan fingerprint density at radius 2 is 2.16 bits per heavy atom. The van der Waals surface area contributed by atoms with Crippen LogP contribution in [0.2, 0.25) is 0 Å². The number of carboxylic acids is 1. The summed E-state index contributed by atoms with van der Waals surface area (Å²) in [4.78, 5) is 31.1. The van der Waals surface area contributed by atoms with Gasteiger partial charge in [0.1, 0.15) is 0 Å². The number of aromatic nitrogens is 2. The van der Waals surface area contributed by atoms with E-state index in [1.807, 2.05) is 12.1 Å². The minimum Gasteiger partial charge on any atom is -0.477 e. The number of carbonyl (C=O) groups excluding carboxylic acids is 1. The molecular weight excluding hydrogens is 266 g/mol. The van der Waals surface area contributed by atoms with Crippen LogP contribution < -0.4 is 5.32 Å². The number of nitrogens with zero attached hydrogens (tertiary/aromatic N) is 1. The van der Waals surface area contributed by atoms with Gasteiger partial charge in [-0.2, -0.15) is 0 Å². The van der Waals surface area contributed by atoms with Gasteiger partial charge in [0.05, 0.1) is 12.9 Å². The van der Waals surface area contributed by atoms with E-state index >= 15 is 0 Å². The number of amides is 1. The molecule has 0 saturated heterocycles. The number of thiophene rings is 1. The van der Waals surface area contributed by atoms with Gasteiger partial charge in [-0.15, -0.1) is 11.3 Å². The van der Waals surface area contributed by atoms with Crippen LogP contribution >= 0.6 is 11.3 Å². The molecule has 0 aliphatic heterocycles. The molecule has 0 fully saturated rings. The van der Waals surface area contributed by atoms with E-state index in [1.54, 1.807) is 11.3 Å². The molecule has 2 rings (SSSR count). The molecule has 3 N–H and O–H groups in total. The first-order chi connectivity index (χ1) is 9.11. The second kappa shape index (κ2) is 5.66. The molecule has 0 saturated carbocycles. The lowest BCUT2D eigenvalue weighted by Gasteiger charge is -2.01. The summed E-state index contributed by atoms with van der Waals surface area (Å²) in [6.07, 6.45) is 2.15. The van der Waals surface area contributed by atoms with Crippen molar-refractivity contribution >= 4 is 23.2 Å². The second-order valence-electron chi connectivity index (χ2n) is 3.84. The Bertz CT molecular complexity index is 603. The number of H-pyrrole nitrogens is 1. The molecule has 2 heterocycles. The van der Waals surface area contributed by atoms with Crippen molar-refractivity contribution in [2.45, 2.75) is 19.9 Å². The molecule has 6 nitrogen and oxygen atoms in total. The summed E-state index contributed by atoms with van der Waals surface area (Å²) in [6, 6.07) is 3.97. The van der Waals surface area contributed by atoms with Crippen molar-refractivity contribution in [3.05, 3.63) is 39.6 Å². The van der Waals surface area contributed by atoms with Crippen LogP contribution in [0.25, 0.3) is 0 Å². The van der Waals surface area contributed by atoms with Crippen LogP contribution in [-0.4, -0.2) is 27.0 Å². The molecule has 0 bridgehead atoms. The van der Waals surface area contributed by atoms with Gasteiger partial charge in [-0.05, 0) is 18.6 Å². The lowest BCUT2D eigenvalue weighted by molar-refractivity contribution is 0.0685.